The van der Waals surface area contributed by atoms with Crippen molar-refractivity contribution < 1.29 is 4.79 Å². The number of rotatable bonds is 8. The molecule has 0 heterocycles. The van der Waals surface area contributed by atoms with Gasteiger partial charge in [-0.25, -0.2) is 0 Å². The summed E-state index contributed by atoms with van der Waals surface area (Å²) in [5.41, 5.74) is 12.2. The van der Waals surface area contributed by atoms with E-state index >= 15 is 0 Å². The molecule has 3 heteroatoms. The van der Waals surface area contributed by atoms with E-state index in [2.05, 4.69) is 19.6 Å². The molecule has 2 atom stereocenters. The number of hydrogen-bond donors (Lipinski definition) is 2. The van der Waals surface area contributed by atoms with Crippen LogP contribution in [0.5, 0.6) is 0 Å². The van der Waals surface area contributed by atoms with Crippen LogP contribution in [0.2, 0.25) is 0 Å². The third-order valence-corrected chi connectivity index (χ3v) is 2.75. The standard InChI is InChI=1S/C13H24N2O/c1-4-7-10(5-2)8-11(6-3)12(14)9-13(15)16/h4,8,10,12H,1,5-7,9,14H2,2-3H3,(H2,15,16)/b11-8+. The van der Waals surface area contributed by atoms with Crippen molar-refractivity contribution in [3.63, 3.8) is 0 Å². The van der Waals surface area contributed by atoms with Gasteiger partial charge >= 0.3 is 0 Å². The molecular weight excluding hydrogens is 200 g/mol. The van der Waals surface area contributed by atoms with E-state index in [4.69, 9.17) is 11.5 Å². The number of hydrogen-bond acceptors (Lipinski definition) is 2. The van der Waals surface area contributed by atoms with Crippen LogP contribution in [-0.2, 0) is 4.79 Å². The van der Waals surface area contributed by atoms with Gasteiger partial charge in [0.05, 0.1) is 0 Å². The number of amides is 1. The van der Waals surface area contributed by atoms with Crippen molar-refractivity contribution in [2.45, 2.75) is 45.6 Å². The summed E-state index contributed by atoms with van der Waals surface area (Å²) in [6, 6.07) is -0.235. The van der Waals surface area contributed by atoms with Crippen LogP contribution in [-0.4, -0.2) is 11.9 Å². The molecule has 0 aliphatic carbocycles. The van der Waals surface area contributed by atoms with Crippen LogP contribution >= 0.6 is 0 Å². The minimum atomic E-state index is -0.344. The largest absolute Gasteiger partial charge is 0.370 e. The van der Waals surface area contributed by atoms with E-state index in [0.717, 1.165) is 24.8 Å². The molecule has 0 saturated carbocycles. The average Bonchev–Trinajstić information content (AvgIpc) is 2.22. The molecular formula is C13H24N2O. The van der Waals surface area contributed by atoms with Gasteiger partial charge < -0.3 is 11.5 Å². The van der Waals surface area contributed by atoms with Gasteiger partial charge in [-0.05, 0) is 25.2 Å². The fourth-order valence-corrected chi connectivity index (χ4v) is 1.72. The lowest BCUT2D eigenvalue weighted by atomic mass is 9.93. The fraction of sp³-hybridized carbons (Fsp3) is 0.615. The third-order valence-electron chi connectivity index (χ3n) is 2.75. The summed E-state index contributed by atoms with van der Waals surface area (Å²) in [6.45, 7) is 7.93. The molecule has 2 unspecified atom stereocenters. The highest BCUT2D eigenvalue weighted by Crippen LogP contribution is 2.17. The van der Waals surface area contributed by atoms with Crippen molar-refractivity contribution >= 4 is 5.91 Å². The van der Waals surface area contributed by atoms with Crippen molar-refractivity contribution in [3.8, 4) is 0 Å². The Bertz CT molecular complexity index is 259. The second kappa shape index (κ2) is 8.11. The van der Waals surface area contributed by atoms with Crippen LogP contribution in [0.25, 0.3) is 0 Å². The molecule has 0 saturated heterocycles. The van der Waals surface area contributed by atoms with Crippen LogP contribution in [0.4, 0.5) is 0 Å². The highest BCUT2D eigenvalue weighted by Gasteiger charge is 2.12. The molecule has 4 N–H and O–H groups in total. The monoisotopic (exact) mass is 224 g/mol. The van der Waals surface area contributed by atoms with Gasteiger partial charge in [0.25, 0.3) is 0 Å². The molecule has 0 spiro atoms. The Balaban J connectivity index is 4.60. The maximum absolute atomic E-state index is 10.8. The molecule has 0 aromatic rings. The van der Waals surface area contributed by atoms with Crippen molar-refractivity contribution in [3.05, 3.63) is 24.3 Å². The van der Waals surface area contributed by atoms with Gasteiger partial charge in [0.15, 0.2) is 0 Å². The summed E-state index contributed by atoms with van der Waals surface area (Å²) in [7, 11) is 0. The summed E-state index contributed by atoms with van der Waals surface area (Å²) in [4.78, 5) is 10.8. The molecule has 92 valence electrons. The zero-order valence-electron chi connectivity index (χ0n) is 10.4. The highest BCUT2D eigenvalue weighted by atomic mass is 16.1. The maximum Gasteiger partial charge on any atom is 0.219 e. The molecule has 0 bridgehead atoms. The van der Waals surface area contributed by atoms with Gasteiger partial charge in [0.2, 0.25) is 5.91 Å². The summed E-state index contributed by atoms with van der Waals surface area (Å²) in [5.74, 6) is 0.120. The average molecular weight is 224 g/mol. The summed E-state index contributed by atoms with van der Waals surface area (Å²) in [6.07, 6.45) is 7.18. The molecule has 0 aliphatic rings. The predicted molar refractivity (Wildman–Crippen MR) is 68.8 cm³/mol. The van der Waals surface area contributed by atoms with Gasteiger partial charge in [-0.3, -0.25) is 4.79 Å². The number of primary amides is 1. The zero-order valence-corrected chi connectivity index (χ0v) is 10.4. The molecule has 0 aliphatic heterocycles. The zero-order chi connectivity index (χ0) is 12.6. The van der Waals surface area contributed by atoms with E-state index in [0.29, 0.717) is 5.92 Å². The molecule has 1 amide bonds. The molecule has 0 rings (SSSR count). The minimum absolute atomic E-state index is 0.226. The van der Waals surface area contributed by atoms with E-state index < -0.39 is 0 Å². The van der Waals surface area contributed by atoms with Crippen LogP contribution < -0.4 is 11.5 Å². The van der Waals surface area contributed by atoms with E-state index in [1.165, 1.54) is 0 Å². The lowest BCUT2D eigenvalue weighted by molar-refractivity contribution is -0.118. The Morgan fingerprint density at radius 2 is 2.06 bits per heavy atom. The molecule has 0 fully saturated rings. The second-order valence-corrected chi connectivity index (χ2v) is 4.06. The van der Waals surface area contributed by atoms with E-state index in [9.17, 15) is 4.79 Å². The highest BCUT2D eigenvalue weighted by molar-refractivity contribution is 5.74. The second-order valence-electron chi connectivity index (χ2n) is 4.06. The summed E-state index contributed by atoms with van der Waals surface area (Å²) >= 11 is 0. The number of nitrogens with two attached hydrogens (primary N) is 2. The van der Waals surface area contributed by atoms with Crippen molar-refractivity contribution in [1.82, 2.24) is 0 Å². The Morgan fingerprint density at radius 3 is 2.44 bits per heavy atom. The van der Waals surface area contributed by atoms with Gasteiger partial charge in [0.1, 0.15) is 0 Å². The van der Waals surface area contributed by atoms with Crippen molar-refractivity contribution in [1.29, 1.82) is 0 Å². The SMILES string of the molecule is C=CCC(/C=C(\CC)C(N)CC(N)=O)CC. The quantitative estimate of drug-likeness (QED) is 0.620. The Hall–Kier alpha value is -1.09. The van der Waals surface area contributed by atoms with Gasteiger partial charge in [-0.2, -0.15) is 0 Å². The lowest BCUT2D eigenvalue weighted by Gasteiger charge is -2.16. The van der Waals surface area contributed by atoms with E-state index in [1.54, 1.807) is 0 Å². The molecule has 0 radical (unpaired) electrons. The fourth-order valence-electron chi connectivity index (χ4n) is 1.72. The summed E-state index contributed by atoms with van der Waals surface area (Å²) in [5, 5.41) is 0. The minimum Gasteiger partial charge on any atom is -0.370 e. The van der Waals surface area contributed by atoms with E-state index in [-0.39, 0.29) is 18.4 Å². The molecule has 0 aromatic heterocycles. The predicted octanol–water partition coefficient (Wildman–Crippen LogP) is 2.13. The third kappa shape index (κ3) is 5.71. The van der Waals surface area contributed by atoms with Crippen LogP contribution in [0, 0.1) is 5.92 Å². The number of carbonyl (C=O) groups excluding carboxylic acids is 1. The van der Waals surface area contributed by atoms with Gasteiger partial charge in [-0.15, -0.1) is 6.58 Å². The Kier molecular flexibility index (Phi) is 7.56. The maximum atomic E-state index is 10.8. The van der Waals surface area contributed by atoms with Gasteiger partial charge in [0, 0.05) is 12.5 Å². The smallest absolute Gasteiger partial charge is 0.219 e. The van der Waals surface area contributed by atoms with Gasteiger partial charge in [-0.1, -0.05) is 31.6 Å². The Morgan fingerprint density at radius 1 is 1.44 bits per heavy atom. The van der Waals surface area contributed by atoms with Crippen LogP contribution in [0.3, 0.4) is 0 Å². The van der Waals surface area contributed by atoms with Crippen molar-refractivity contribution in [2.24, 2.45) is 17.4 Å². The molecule has 0 aromatic carbocycles. The number of allylic oxidation sites excluding steroid dienone is 2. The molecule has 3 nitrogen and oxygen atoms in total. The topological polar surface area (TPSA) is 69.1 Å². The first-order valence-electron chi connectivity index (χ1n) is 5.90. The lowest BCUT2D eigenvalue weighted by Crippen LogP contribution is -2.29. The number of carbonyl (C=O) groups is 1. The summed E-state index contributed by atoms with van der Waals surface area (Å²) < 4.78 is 0. The first-order valence-corrected chi connectivity index (χ1v) is 5.90. The Labute approximate surface area is 98.6 Å². The van der Waals surface area contributed by atoms with Crippen LogP contribution in [0.15, 0.2) is 24.3 Å². The van der Waals surface area contributed by atoms with E-state index in [1.807, 2.05) is 13.0 Å². The van der Waals surface area contributed by atoms with Crippen LogP contribution in [0.1, 0.15) is 39.5 Å². The van der Waals surface area contributed by atoms with Crippen molar-refractivity contribution in [2.75, 3.05) is 0 Å². The first-order chi connectivity index (χ1) is 7.54. The molecule has 16 heavy (non-hydrogen) atoms. The normalized spacial score (nSPS) is 15.6. The first kappa shape index (κ1) is 14.9.